The first kappa shape index (κ1) is 15.0. The third-order valence-corrected chi connectivity index (χ3v) is 3.62. The molecule has 3 heterocycles. The van der Waals surface area contributed by atoms with E-state index in [-0.39, 0.29) is 22.5 Å². The van der Waals surface area contributed by atoms with Gasteiger partial charge in [-0.2, -0.15) is 10.2 Å². The van der Waals surface area contributed by atoms with E-state index < -0.39 is 17.4 Å². The van der Waals surface area contributed by atoms with Crippen molar-refractivity contribution < 1.29 is 14.3 Å². The zero-order valence-corrected chi connectivity index (χ0v) is 13.2. The lowest BCUT2D eigenvalue weighted by Gasteiger charge is -2.12. The number of halogens is 1. The molecule has 2 aliphatic heterocycles. The normalized spacial score (nSPS) is 10.7. The number of fused-ring (bicyclic) bond motifs is 1. The molecule has 2 aliphatic rings. The number of nitrogens with one attached hydrogen (secondary N) is 3. The van der Waals surface area contributed by atoms with Gasteiger partial charge < -0.3 is 4.74 Å². The summed E-state index contributed by atoms with van der Waals surface area (Å²) in [6.07, 6.45) is 4.07. The molecule has 11 heteroatoms. The van der Waals surface area contributed by atoms with Crippen LogP contribution < -0.4 is 11.0 Å². The van der Waals surface area contributed by atoms with Gasteiger partial charge in [0.15, 0.2) is 0 Å². The monoisotopic (exact) mass is 380 g/mol. The van der Waals surface area contributed by atoms with Crippen LogP contribution in [0.1, 0.15) is 20.8 Å². The lowest BCUT2D eigenvalue weighted by molar-refractivity contribution is 0.0600. The number of aromatic amines is 2. The summed E-state index contributed by atoms with van der Waals surface area (Å²) < 4.78 is 6.31. The number of amides is 1. The Kier molecular flexibility index (Phi) is 3.70. The van der Waals surface area contributed by atoms with Crippen molar-refractivity contribution in [2.24, 2.45) is 0 Å². The number of H-pyrrole nitrogens is 2. The van der Waals surface area contributed by atoms with Crippen LogP contribution in [-0.2, 0) is 4.74 Å². The average molecular weight is 381 g/mol. The van der Waals surface area contributed by atoms with Gasteiger partial charge in [-0.1, -0.05) is 0 Å². The predicted molar refractivity (Wildman–Crippen MR) is 80.8 cm³/mol. The van der Waals surface area contributed by atoms with Crippen LogP contribution in [0, 0.1) is 0 Å². The highest BCUT2D eigenvalue weighted by atomic mass is 79.9. The van der Waals surface area contributed by atoms with E-state index >= 15 is 0 Å². The number of hydrogen-bond donors (Lipinski definition) is 3. The highest BCUT2D eigenvalue weighted by Crippen LogP contribution is 2.20. The first-order chi connectivity index (χ1) is 11.0. The van der Waals surface area contributed by atoms with E-state index in [0.29, 0.717) is 4.47 Å². The highest BCUT2D eigenvalue weighted by Gasteiger charge is 2.22. The number of hydrogen-bond acceptors (Lipinski definition) is 6. The summed E-state index contributed by atoms with van der Waals surface area (Å²) in [6, 6.07) is 0. The second kappa shape index (κ2) is 5.68. The predicted octanol–water partition coefficient (Wildman–Crippen LogP) is 0.332. The van der Waals surface area contributed by atoms with Crippen LogP contribution >= 0.6 is 15.9 Å². The van der Waals surface area contributed by atoms with Gasteiger partial charge in [-0.25, -0.2) is 9.89 Å². The molecule has 3 N–H and O–H groups in total. The smallest absolute Gasteiger partial charge is 0.341 e. The number of pyridine rings is 1. The Morgan fingerprint density at radius 1 is 1.35 bits per heavy atom. The maximum Gasteiger partial charge on any atom is 0.341 e. The van der Waals surface area contributed by atoms with Crippen LogP contribution in [0.5, 0.6) is 0 Å². The minimum absolute atomic E-state index is 0.0346. The number of methoxy groups -OCH3 is 1. The molecule has 0 atom stereocenters. The number of ether oxygens (including phenoxy) is 1. The molecule has 1 aromatic rings. The van der Waals surface area contributed by atoms with E-state index in [2.05, 4.69) is 46.5 Å². The molecular formula is C12H9BrN6O4. The van der Waals surface area contributed by atoms with Gasteiger partial charge in [0, 0.05) is 12.4 Å². The number of carbonyl (C=O) groups excluding carboxylic acids is 2. The van der Waals surface area contributed by atoms with Crippen LogP contribution in [0.2, 0.25) is 0 Å². The van der Waals surface area contributed by atoms with Crippen molar-refractivity contribution >= 4 is 27.8 Å². The summed E-state index contributed by atoms with van der Waals surface area (Å²) in [7, 11) is 1.20. The van der Waals surface area contributed by atoms with Crippen LogP contribution in [0.4, 0.5) is 0 Å². The van der Waals surface area contributed by atoms with E-state index in [1.165, 1.54) is 30.4 Å². The van der Waals surface area contributed by atoms with Crippen LogP contribution in [0.3, 0.4) is 0 Å². The van der Waals surface area contributed by atoms with Crippen LogP contribution in [0.15, 0.2) is 27.9 Å². The minimum atomic E-state index is -0.687. The quantitative estimate of drug-likeness (QED) is 0.560. The number of esters is 1. The molecule has 0 radical (unpaired) electrons. The minimum Gasteiger partial charge on any atom is -0.465 e. The van der Waals surface area contributed by atoms with Gasteiger partial charge in [0.05, 0.1) is 23.3 Å². The lowest BCUT2D eigenvalue weighted by atomic mass is 10.1. The number of nitrogens with zero attached hydrogens (tertiary/aromatic N) is 3. The Labute approximate surface area is 136 Å². The van der Waals surface area contributed by atoms with Gasteiger partial charge in [-0.3, -0.25) is 24.8 Å². The van der Waals surface area contributed by atoms with Crippen LogP contribution in [-0.4, -0.2) is 44.1 Å². The number of rotatable bonds is 3. The third-order valence-electron chi connectivity index (χ3n) is 3.02. The molecule has 0 saturated heterocycles. The van der Waals surface area contributed by atoms with Crippen LogP contribution in [0.25, 0.3) is 11.3 Å². The topological polar surface area (TPSA) is 135 Å². The largest absolute Gasteiger partial charge is 0.465 e. The molecule has 0 unspecified atom stereocenters. The summed E-state index contributed by atoms with van der Waals surface area (Å²) in [6.45, 7) is 0. The Hall–Kier alpha value is -2.95. The summed E-state index contributed by atoms with van der Waals surface area (Å²) in [5.41, 5.74) is 2.53. The fourth-order valence-corrected chi connectivity index (χ4v) is 2.34. The van der Waals surface area contributed by atoms with Crippen molar-refractivity contribution in [1.29, 1.82) is 0 Å². The van der Waals surface area contributed by atoms with Crippen molar-refractivity contribution in [1.82, 2.24) is 25.1 Å². The Balaban J connectivity index is 2.04. The fourth-order valence-electron chi connectivity index (χ4n) is 1.96. The summed E-state index contributed by atoms with van der Waals surface area (Å²) in [5, 5.41) is 12.3. The second-order valence-corrected chi connectivity index (χ2v) is 5.27. The standard InChI is InChI=1S/C12H9BrN6O4/c1-23-12(22)6-4-19(3-5-8(6)16-17-10(5)20)18-11(21)9-7(13)2-14-15-9/h2-4H,1H3,(H,14,15)(H,17,20)(H,18,21). The third kappa shape index (κ3) is 2.61. The van der Waals surface area contributed by atoms with Gasteiger partial charge in [0.25, 0.3) is 11.5 Å². The van der Waals surface area contributed by atoms with Gasteiger partial charge in [-0.05, 0) is 15.9 Å². The van der Waals surface area contributed by atoms with E-state index in [4.69, 9.17) is 0 Å². The molecule has 23 heavy (non-hydrogen) atoms. The molecule has 1 amide bonds. The molecule has 0 aliphatic carbocycles. The van der Waals surface area contributed by atoms with Gasteiger partial charge in [0.2, 0.25) is 0 Å². The molecule has 10 nitrogen and oxygen atoms in total. The Morgan fingerprint density at radius 3 is 2.78 bits per heavy atom. The summed E-state index contributed by atoms with van der Waals surface area (Å²) in [5.74, 6) is -1.21. The molecule has 3 rings (SSSR count). The van der Waals surface area contributed by atoms with Gasteiger partial charge in [-0.15, -0.1) is 0 Å². The average Bonchev–Trinajstić information content (AvgIpc) is 3.12. The van der Waals surface area contributed by atoms with Crippen molar-refractivity contribution in [3.63, 3.8) is 0 Å². The van der Waals surface area contributed by atoms with E-state index in [1.807, 2.05) is 0 Å². The number of carbonyl (C=O) groups is 2. The first-order valence-electron chi connectivity index (χ1n) is 6.20. The summed E-state index contributed by atoms with van der Waals surface area (Å²) in [4.78, 5) is 35.7. The molecule has 0 saturated carbocycles. The SMILES string of the molecule is COC(=O)c1cn(NC(=O)c2[nH]ncc2Br)cc2c(=O)[nH]nc1-2. The molecule has 0 aromatic carbocycles. The van der Waals surface area contributed by atoms with Gasteiger partial charge in [0.1, 0.15) is 17.0 Å². The maximum absolute atomic E-state index is 12.2. The maximum atomic E-state index is 12.2. The van der Waals surface area contributed by atoms with Crippen molar-refractivity contribution in [2.75, 3.05) is 12.5 Å². The molecule has 118 valence electrons. The highest BCUT2D eigenvalue weighted by molar-refractivity contribution is 9.10. The Bertz CT molecular complexity index is 926. The van der Waals surface area contributed by atoms with Gasteiger partial charge >= 0.3 is 5.97 Å². The zero-order valence-electron chi connectivity index (χ0n) is 11.6. The van der Waals surface area contributed by atoms with Crippen molar-refractivity contribution in [3.8, 4) is 11.3 Å². The van der Waals surface area contributed by atoms with Crippen molar-refractivity contribution in [2.45, 2.75) is 0 Å². The van der Waals surface area contributed by atoms with E-state index in [0.717, 1.165) is 0 Å². The van der Waals surface area contributed by atoms with Crippen molar-refractivity contribution in [3.05, 3.63) is 44.7 Å². The molecule has 0 bridgehead atoms. The number of aromatic nitrogens is 5. The zero-order chi connectivity index (χ0) is 16.6. The molecule has 0 fully saturated rings. The lowest BCUT2D eigenvalue weighted by Crippen LogP contribution is -2.25. The first-order valence-corrected chi connectivity index (χ1v) is 6.99. The fraction of sp³-hybridized carbons (Fsp3) is 0.0833. The second-order valence-electron chi connectivity index (χ2n) is 4.42. The Morgan fingerprint density at radius 2 is 2.13 bits per heavy atom. The van der Waals surface area contributed by atoms with E-state index in [9.17, 15) is 14.4 Å². The van der Waals surface area contributed by atoms with E-state index in [1.54, 1.807) is 0 Å². The molecular weight excluding hydrogens is 372 g/mol. The summed E-state index contributed by atoms with van der Waals surface area (Å²) >= 11 is 3.17. The molecule has 0 spiro atoms. The molecule has 1 aromatic heterocycles.